The maximum absolute atomic E-state index is 12.5. The highest BCUT2D eigenvalue weighted by Crippen LogP contribution is 2.20. The summed E-state index contributed by atoms with van der Waals surface area (Å²) in [5.74, 6) is 0.516. The molecular formula is C20H24N2O4S. The Morgan fingerprint density at radius 3 is 2.26 bits per heavy atom. The molecule has 0 saturated carbocycles. The van der Waals surface area contributed by atoms with Crippen LogP contribution in [0, 0.1) is 0 Å². The summed E-state index contributed by atoms with van der Waals surface area (Å²) in [7, 11) is -1.82. The number of amides is 1. The Bertz CT molecular complexity index is 891. The number of carbonyl (C=O) groups excluding carboxylic acids is 1. The highest BCUT2D eigenvalue weighted by atomic mass is 32.2. The fourth-order valence-electron chi connectivity index (χ4n) is 2.58. The molecule has 2 rings (SSSR count). The van der Waals surface area contributed by atoms with E-state index in [1.807, 2.05) is 31.2 Å². The van der Waals surface area contributed by atoms with E-state index in [-0.39, 0.29) is 18.5 Å². The number of rotatable bonds is 8. The molecule has 27 heavy (non-hydrogen) atoms. The van der Waals surface area contributed by atoms with Crippen molar-refractivity contribution in [3.8, 4) is 5.75 Å². The number of hydrogen-bond acceptors (Lipinski definition) is 4. The molecule has 1 atom stereocenters. The molecule has 7 heteroatoms. The predicted molar refractivity (Wildman–Crippen MR) is 108 cm³/mol. The zero-order valence-corrected chi connectivity index (χ0v) is 16.5. The second-order valence-electron chi connectivity index (χ2n) is 6.10. The minimum atomic E-state index is -3.42. The Morgan fingerprint density at radius 2 is 1.78 bits per heavy atom. The van der Waals surface area contributed by atoms with Gasteiger partial charge in [0, 0.05) is 5.56 Å². The van der Waals surface area contributed by atoms with E-state index in [0.29, 0.717) is 11.3 Å². The van der Waals surface area contributed by atoms with Gasteiger partial charge in [0.2, 0.25) is 10.0 Å². The number of sulfonamides is 1. The van der Waals surface area contributed by atoms with Gasteiger partial charge in [-0.3, -0.25) is 9.10 Å². The lowest BCUT2D eigenvalue weighted by molar-refractivity contribution is 0.0940. The van der Waals surface area contributed by atoms with Crippen molar-refractivity contribution in [3.05, 3.63) is 72.3 Å². The maximum atomic E-state index is 12.5. The first-order chi connectivity index (χ1) is 12.8. The van der Waals surface area contributed by atoms with Gasteiger partial charge < -0.3 is 10.1 Å². The molecule has 0 spiro atoms. The van der Waals surface area contributed by atoms with Crippen LogP contribution in [0.15, 0.2) is 61.2 Å². The number of nitrogens with one attached hydrogen (secondary N) is 1. The fraction of sp³-hybridized carbons (Fsp3) is 0.250. The predicted octanol–water partition coefficient (Wildman–Crippen LogP) is 3.14. The molecule has 1 N–H and O–H groups in total. The van der Waals surface area contributed by atoms with Crippen LogP contribution in [0.1, 0.15) is 28.9 Å². The van der Waals surface area contributed by atoms with Gasteiger partial charge in [-0.15, -0.1) is 6.58 Å². The Morgan fingerprint density at radius 1 is 1.19 bits per heavy atom. The first-order valence-corrected chi connectivity index (χ1v) is 10.2. The van der Waals surface area contributed by atoms with Gasteiger partial charge in [0.25, 0.3) is 5.91 Å². The van der Waals surface area contributed by atoms with Crippen molar-refractivity contribution < 1.29 is 17.9 Å². The van der Waals surface area contributed by atoms with Crippen LogP contribution in [-0.2, 0) is 10.0 Å². The van der Waals surface area contributed by atoms with Gasteiger partial charge in [-0.2, -0.15) is 0 Å². The Balaban J connectivity index is 2.11. The molecule has 1 amide bonds. The average Bonchev–Trinajstić information content (AvgIpc) is 2.65. The fourth-order valence-corrected chi connectivity index (χ4v) is 3.47. The largest absolute Gasteiger partial charge is 0.497 e. The van der Waals surface area contributed by atoms with Crippen LogP contribution in [0.25, 0.3) is 0 Å². The quantitative estimate of drug-likeness (QED) is 0.705. The number of benzene rings is 2. The summed E-state index contributed by atoms with van der Waals surface area (Å²) in [5, 5.41) is 2.93. The van der Waals surface area contributed by atoms with Gasteiger partial charge in [0.1, 0.15) is 5.75 Å². The molecule has 6 nitrogen and oxygen atoms in total. The lowest BCUT2D eigenvalue weighted by atomic mass is 10.1. The van der Waals surface area contributed by atoms with Crippen molar-refractivity contribution in [1.29, 1.82) is 0 Å². The highest BCUT2D eigenvalue weighted by Gasteiger charge is 2.17. The third kappa shape index (κ3) is 5.34. The summed E-state index contributed by atoms with van der Waals surface area (Å²) in [4.78, 5) is 12.5. The molecule has 0 aromatic heterocycles. The van der Waals surface area contributed by atoms with Crippen LogP contribution in [0.5, 0.6) is 5.75 Å². The van der Waals surface area contributed by atoms with E-state index < -0.39 is 10.0 Å². The Labute approximate surface area is 160 Å². The zero-order valence-electron chi connectivity index (χ0n) is 15.7. The molecule has 0 aliphatic carbocycles. The van der Waals surface area contributed by atoms with Gasteiger partial charge in [-0.1, -0.05) is 18.2 Å². The van der Waals surface area contributed by atoms with E-state index in [2.05, 4.69) is 11.9 Å². The Hall–Kier alpha value is -2.80. The molecule has 0 aliphatic rings. The summed E-state index contributed by atoms with van der Waals surface area (Å²) in [6.45, 7) is 5.64. The minimum absolute atomic E-state index is 0.166. The second-order valence-corrected chi connectivity index (χ2v) is 8.00. The first-order valence-electron chi connectivity index (χ1n) is 8.39. The molecule has 0 bridgehead atoms. The number of anilines is 1. The van der Waals surface area contributed by atoms with E-state index in [1.54, 1.807) is 31.4 Å². The van der Waals surface area contributed by atoms with Crippen molar-refractivity contribution >= 4 is 21.6 Å². The molecular weight excluding hydrogens is 364 g/mol. The van der Waals surface area contributed by atoms with Crippen molar-refractivity contribution in [2.24, 2.45) is 0 Å². The van der Waals surface area contributed by atoms with Crippen molar-refractivity contribution in [2.75, 3.05) is 24.2 Å². The highest BCUT2D eigenvalue weighted by molar-refractivity contribution is 7.92. The molecule has 0 radical (unpaired) electrons. The first kappa shape index (κ1) is 20.5. The van der Waals surface area contributed by atoms with Gasteiger partial charge in [0.15, 0.2) is 0 Å². The van der Waals surface area contributed by atoms with Crippen molar-refractivity contribution in [3.63, 3.8) is 0 Å². The van der Waals surface area contributed by atoms with Crippen molar-refractivity contribution in [1.82, 2.24) is 5.32 Å². The van der Waals surface area contributed by atoms with Crippen LogP contribution in [-0.4, -0.2) is 34.2 Å². The molecule has 144 valence electrons. The summed E-state index contributed by atoms with van der Waals surface area (Å²) in [5.41, 5.74) is 1.89. The zero-order chi connectivity index (χ0) is 20.0. The number of methoxy groups -OCH3 is 1. The second kappa shape index (κ2) is 8.73. The topological polar surface area (TPSA) is 75.7 Å². The van der Waals surface area contributed by atoms with Crippen molar-refractivity contribution in [2.45, 2.75) is 13.0 Å². The maximum Gasteiger partial charge on any atom is 0.251 e. The smallest absolute Gasteiger partial charge is 0.251 e. The van der Waals surface area contributed by atoms with E-state index in [4.69, 9.17) is 4.74 Å². The number of carbonyl (C=O) groups is 1. The third-order valence-corrected chi connectivity index (χ3v) is 5.24. The molecule has 2 aromatic rings. The molecule has 0 aliphatic heterocycles. The number of nitrogens with zero attached hydrogens (tertiary/aromatic N) is 1. The van der Waals surface area contributed by atoms with Crippen LogP contribution in [0.3, 0.4) is 0 Å². The van der Waals surface area contributed by atoms with Gasteiger partial charge in [-0.05, 0) is 48.9 Å². The molecule has 0 heterocycles. The SMILES string of the molecule is C=CCN(c1ccc(C(=O)N[C@@H](C)c2ccc(OC)cc2)cc1)S(C)(=O)=O. The average molecular weight is 388 g/mol. The number of hydrogen-bond donors (Lipinski definition) is 1. The van der Waals surface area contributed by atoms with Gasteiger partial charge >= 0.3 is 0 Å². The molecule has 0 fully saturated rings. The van der Waals surface area contributed by atoms with E-state index in [0.717, 1.165) is 17.6 Å². The summed E-state index contributed by atoms with van der Waals surface area (Å²) in [6, 6.07) is 13.7. The van der Waals surface area contributed by atoms with E-state index in [1.165, 1.54) is 10.4 Å². The molecule has 0 unspecified atom stereocenters. The standard InChI is InChI=1S/C20H24N2O4S/c1-5-14-22(27(4,24)25)18-10-6-17(7-11-18)20(23)21-15(2)16-8-12-19(26-3)13-9-16/h5-13,15H,1,14H2,2-4H3,(H,21,23)/t15-/m0/s1. The van der Waals surface area contributed by atoms with Crippen LogP contribution in [0.4, 0.5) is 5.69 Å². The lowest BCUT2D eigenvalue weighted by Crippen LogP contribution is -2.30. The minimum Gasteiger partial charge on any atom is -0.497 e. The van der Waals surface area contributed by atoms with E-state index >= 15 is 0 Å². The summed E-state index contributed by atoms with van der Waals surface area (Å²) < 4.78 is 30.1. The third-order valence-electron chi connectivity index (χ3n) is 4.08. The normalized spacial score (nSPS) is 12.1. The molecule has 0 saturated heterocycles. The summed E-state index contributed by atoms with van der Waals surface area (Å²) in [6.07, 6.45) is 2.64. The van der Waals surface area contributed by atoms with E-state index in [9.17, 15) is 13.2 Å². The van der Waals surface area contributed by atoms with Crippen LogP contribution in [0.2, 0.25) is 0 Å². The summed E-state index contributed by atoms with van der Waals surface area (Å²) >= 11 is 0. The lowest BCUT2D eigenvalue weighted by Gasteiger charge is -2.21. The monoisotopic (exact) mass is 388 g/mol. The Kier molecular flexibility index (Phi) is 6.63. The van der Waals surface area contributed by atoms with Gasteiger partial charge in [0.05, 0.1) is 31.6 Å². The molecule has 2 aromatic carbocycles. The van der Waals surface area contributed by atoms with Crippen LogP contribution >= 0.6 is 0 Å². The number of ether oxygens (including phenoxy) is 1. The van der Waals surface area contributed by atoms with Gasteiger partial charge in [-0.25, -0.2) is 8.42 Å². The van der Waals surface area contributed by atoms with Crippen LogP contribution < -0.4 is 14.4 Å².